The second kappa shape index (κ2) is 7.36. The van der Waals surface area contributed by atoms with Crippen LogP contribution in [0, 0.1) is 10.5 Å². The quantitative estimate of drug-likeness (QED) is 0.612. The molecular formula is C17H16INO2. The Morgan fingerprint density at radius 1 is 0.952 bits per heavy atom. The molecule has 0 fully saturated rings. The Kier molecular flexibility index (Phi) is 5.50. The summed E-state index contributed by atoms with van der Waals surface area (Å²) in [5.74, 6) is -0.149. The number of benzene rings is 2. The second-order valence-corrected chi connectivity index (χ2v) is 6.09. The normalized spacial score (nSPS) is 10.2. The highest BCUT2D eigenvalue weighted by Crippen LogP contribution is 2.12. The molecule has 0 saturated heterocycles. The first-order valence-corrected chi connectivity index (χ1v) is 7.78. The van der Waals surface area contributed by atoms with Crippen molar-refractivity contribution in [3.8, 4) is 0 Å². The molecule has 0 atom stereocenters. The number of hydrogen-bond donors (Lipinski definition) is 1. The van der Waals surface area contributed by atoms with Crippen molar-refractivity contribution in [2.75, 3.05) is 5.32 Å². The van der Waals surface area contributed by atoms with E-state index in [-0.39, 0.29) is 24.5 Å². The summed E-state index contributed by atoms with van der Waals surface area (Å²) in [5.41, 5.74) is 2.52. The Bertz CT molecular complexity index is 633. The van der Waals surface area contributed by atoms with Gasteiger partial charge in [0.2, 0.25) is 5.91 Å². The first-order valence-electron chi connectivity index (χ1n) is 6.70. The zero-order valence-corrected chi connectivity index (χ0v) is 13.9. The van der Waals surface area contributed by atoms with Crippen molar-refractivity contribution in [1.82, 2.24) is 0 Å². The molecule has 0 bridgehead atoms. The predicted molar refractivity (Wildman–Crippen MR) is 92.5 cm³/mol. The van der Waals surface area contributed by atoms with Gasteiger partial charge >= 0.3 is 0 Å². The molecule has 108 valence electrons. The summed E-state index contributed by atoms with van der Waals surface area (Å²) in [6.07, 6.45) is 0.415. The largest absolute Gasteiger partial charge is 0.326 e. The van der Waals surface area contributed by atoms with Crippen LogP contribution >= 0.6 is 22.6 Å². The average Bonchev–Trinajstić information content (AvgIpc) is 2.48. The minimum Gasteiger partial charge on any atom is -0.326 e. The first kappa shape index (κ1) is 15.7. The van der Waals surface area contributed by atoms with E-state index in [4.69, 9.17) is 0 Å². The Hall–Kier alpha value is -1.69. The van der Waals surface area contributed by atoms with E-state index in [9.17, 15) is 9.59 Å². The lowest BCUT2D eigenvalue weighted by Crippen LogP contribution is -2.13. The minimum absolute atomic E-state index is 0.00670. The molecule has 1 N–H and O–H groups in total. The number of ketones is 1. The Labute approximate surface area is 137 Å². The number of hydrogen-bond acceptors (Lipinski definition) is 2. The van der Waals surface area contributed by atoms with Crippen LogP contribution < -0.4 is 5.32 Å². The molecule has 0 aliphatic heterocycles. The van der Waals surface area contributed by atoms with Gasteiger partial charge in [0.05, 0.1) is 0 Å². The van der Waals surface area contributed by atoms with Gasteiger partial charge in [-0.15, -0.1) is 0 Å². The molecule has 0 aromatic heterocycles. The highest BCUT2D eigenvalue weighted by atomic mass is 127. The van der Waals surface area contributed by atoms with E-state index in [0.717, 1.165) is 14.8 Å². The minimum atomic E-state index is -0.142. The van der Waals surface area contributed by atoms with Crippen LogP contribution in [-0.4, -0.2) is 11.7 Å². The number of anilines is 1. The zero-order chi connectivity index (χ0) is 15.2. The molecule has 2 rings (SSSR count). The molecule has 2 aromatic carbocycles. The Morgan fingerprint density at radius 2 is 1.57 bits per heavy atom. The van der Waals surface area contributed by atoms with Crippen LogP contribution in [0.15, 0.2) is 48.5 Å². The standard InChI is InChI=1S/C17H16INO2/c1-12-2-4-13(5-3-12)16(20)10-11-17(21)19-15-8-6-14(18)7-9-15/h2-9H,10-11H2,1H3,(H,19,21). The van der Waals surface area contributed by atoms with Gasteiger partial charge in [-0.05, 0) is 53.8 Å². The van der Waals surface area contributed by atoms with Gasteiger partial charge in [0.1, 0.15) is 0 Å². The molecule has 4 heteroatoms. The summed E-state index contributed by atoms with van der Waals surface area (Å²) >= 11 is 2.21. The van der Waals surface area contributed by atoms with Gasteiger partial charge in [-0.3, -0.25) is 9.59 Å². The van der Waals surface area contributed by atoms with E-state index in [2.05, 4.69) is 27.9 Å². The Balaban J connectivity index is 1.84. The van der Waals surface area contributed by atoms with Crippen molar-refractivity contribution in [1.29, 1.82) is 0 Å². The van der Waals surface area contributed by atoms with Crippen molar-refractivity contribution in [3.05, 3.63) is 63.2 Å². The van der Waals surface area contributed by atoms with Gasteiger partial charge in [0, 0.05) is 27.7 Å². The molecule has 0 spiro atoms. The molecule has 0 unspecified atom stereocenters. The maximum Gasteiger partial charge on any atom is 0.224 e. The lowest BCUT2D eigenvalue weighted by atomic mass is 10.0. The van der Waals surface area contributed by atoms with Crippen molar-refractivity contribution in [2.45, 2.75) is 19.8 Å². The number of amides is 1. The number of Topliss-reactive ketones (excluding diaryl/α,β-unsaturated/α-hetero) is 1. The van der Waals surface area contributed by atoms with Crippen LogP contribution in [0.25, 0.3) is 0 Å². The van der Waals surface area contributed by atoms with Gasteiger partial charge in [0.25, 0.3) is 0 Å². The molecule has 21 heavy (non-hydrogen) atoms. The summed E-state index contributed by atoms with van der Waals surface area (Å²) in [6.45, 7) is 1.97. The topological polar surface area (TPSA) is 46.2 Å². The fraction of sp³-hybridized carbons (Fsp3) is 0.176. The molecular weight excluding hydrogens is 377 g/mol. The van der Waals surface area contributed by atoms with Crippen LogP contribution in [0.2, 0.25) is 0 Å². The zero-order valence-electron chi connectivity index (χ0n) is 11.7. The third kappa shape index (κ3) is 4.97. The molecule has 0 aliphatic carbocycles. The van der Waals surface area contributed by atoms with Crippen molar-refractivity contribution in [3.63, 3.8) is 0 Å². The van der Waals surface area contributed by atoms with Crippen LogP contribution in [0.4, 0.5) is 5.69 Å². The summed E-state index contributed by atoms with van der Waals surface area (Å²) in [6, 6.07) is 14.9. The Morgan fingerprint density at radius 3 is 2.19 bits per heavy atom. The third-order valence-electron chi connectivity index (χ3n) is 3.08. The third-order valence-corrected chi connectivity index (χ3v) is 3.80. The van der Waals surface area contributed by atoms with Crippen LogP contribution in [0.1, 0.15) is 28.8 Å². The van der Waals surface area contributed by atoms with Crippen molar-refractivity contribution >= 4 is 40.0 Å². The smallest absolute Gasteiger partial charge is 0.224 e. The van der Waals surface area contributed by atoms with Gasteiger partial charge in [-0.2, -0.15) is 0 Å². The molecule has 0 radical (unpaired) electrons. The van der Waals surface area contributed by atoms with E-state index in [1.807, 2.05) is 43.3 Å². The van der Waals surface area contributed by atoms with E-state index in [1.54, 1.807) is 12.1 Å². The number of rotatable bonds is 5. The summed E-state index contributed by atoms with van der Waals surface area (Å²) < 4.78 is 1.11. The van der Waals surface area contributed by atoms with Crippen LogP contribution in [0.3, 0.4) is 0 Å². The summed E-state index contributed by atoms with van der Waals surface area (Å²) in [4.78, 5) is 23.8. The number of aryl methyl sites for hydroxylation is 1. The highest BCUT2D eigenvalue weighted by Gasteiger charge is 2.09. The van der Waals surface area contributed by atoms with Crippen LogP contribution in [-0.2, 0) is 4.79 Å². The van der Waals surface area contributed by atoms with Crippen molar-refractivity contribution in [2.24, 2.45) is 0 Å². The molecule has 2 aromatic rings. The monoisotopic (exact) mass is 393 g/mol. The van der Waals surface area contributed by atoms with E-state index in [0.29, 0.717) is 5.56 Å². The molecule has 3 nitrogen and oxygen atoms in total. The number of nitrogens with one attached hydrogen (secondary N) is 1. The number of carbonyl (C=O) groups is 2. The van der Waals surface area contributed by atoms with E-state index >= 15 is 0 Å². The van der Waals surface area contributed by atoms with Gasteiger partial charge < -0.3 is 5.32 Å². The SMILES string of the molecule is Cc1ccc(C(=O)CCC(=O)Nc2ccc(I)cc2)cc1. The van der Waals surface area contributed by atoms with E-state index in [1.165, 1.54) is 0 Å². The van der Waals surface area contributed by atoms with Crippen LogP contribution in [0.5, 0.6) is 0 Å². The number of carbonyl (C=O) groups excluding carboxylic acids is 2. The predicted octanol–water partition coefficient (Wildman–Crippen LogP) is 4.20. The molecule has 0 heterocycles. The molecule has 0 aliphatic rings. The second-order valence-electron chi connectivity index (χ2n) is 4.84. The maximum absolute atomic E-state index is 12.0. The fourth-order valence-corrected chi connectivity index (χ4v) is 2.23. The fourth-order valence-electron chi connectivity index (χ4n) is 1.87. The highest BCUT2D eigenvalue weighted by molar-refractivity contribution is 14.1. The summed E-state index contributed by atoms with van der Waals surface area (Å²) in [5, 5.41) is 2.79. The molecule has 0 saturated carbocycles. The number of halogens is 1. The molecule has 1 amide bonds. The first-order chi connectivity index (χ1) is 10.0. The van der Waals surface area contributed by atoms with Crippen molar-refractivity contribution < 1.29 is 9.59 Å². The summed E-state index contributed by atoms with van der Waals surface area (Å²) in [7, 11) is 0. The van der Waals surface area contributed by atoms with E-state index < -0.39 is 0 Å². The lowest BCUT2D eigenvalue weighted by molar-refractivity contribution is -0.116. The average molecular weight is 393 g/mol. The maximum atomic E-state index is 12.0. The van der Waals surface area contributed by atoms with Gasteiger partial charge in [-0.1, -0.05) is 29.8 Å². The van der Waals surface area contributed by atoms with Gasteiger partial charge in [-0.25, -0.2) is 0 Å². The lowest BCUT2D eigenvalue weighted by Gasteiger charge is -2.05. The van der Waals surface area contributed by atoms with Gasteiger partial charge in [0.15, 0.2) is 5.78 Å².